The number of hydrogen-bond donors (Lipinski definition) is 2. The number of likely N-dealkylation sites (tertiary alicyclic amines) is 1. The van der Waals surface area contributed by atoms with Crippen LogP contribution in [0.25, 0.3) is 0 Å². The molecular weight excluding hydrogens is 510 g/mol. The molecule has 1 aliphatic heterocycles. The van der Waals surface area contributed by atoms with Gasteiger partial charge in [0.15, 0.2) is 5.69 Å². The van der Waals surface area contributed by atoms with Gasteiger partial charge in [0.25, 0.3) is 5.91 Å². The van der Waals surface area contributed by atoms with Gasteiger partial charge < -0.3 is 19.7 Å². The van der Waals surface area contributed by atoms with E-state index in [2.05, 4.69) is 27.5 Å². The normalized spacial score (nSPS) is 20.2. The van der Waals surface area contributed by atoms with Crippen LogP contribution in [0.5, 0.6) is 5.75 Å². The van der Waals surface area contributed by atoms with Gasteiger partial charge >= 0.3 is 12.1 Å². The molecule has 1 amide bonds. The van der Waals surface area contributed by atoms with Gasteiger partial charge in [-0.2, -0.15) is 13.2 Å². The third-order valence-electron chi connectivity index (χ3n) is 6.64. The maximum absolute atomic E-state index is 14.4. The van der Waals surface area contributed by atoms with Gasteiger partial charge in [-0.25, -0.2) is 9.18 Å². The maximum Gasteiger partial charge on any atom is 0.490 e. The lowest BCUT2D eigenvalue weighted by Gasteiger charge is -2.23. The molecule has 3 atom stereocenters. The number of aromatic nitrogens is 1. The van der Waals surface area contributed by atoms with E-state index in [1.54, 1.807) is 32.2 Å². The Kier molecular flexibility index (Phi) is 7.72. The lowest BCUT2D eigenvalue weighted by Crippen LogP contribution is -2.33. The number of nitrogens with one attached hydrogen (secondary N) is 1. The van der Waals surface area contributed by atoms with E-state index in [4.69, 9.17) is 19.2 Å². The fourth-order valence-corrected chi connectivity index (χ4v) is 4.99. The van der Waals surface area contributed by atoms with Crippen LogP contribution in [0.2, 0.25) is 0 Å². The Hall–Kier alpha value is -3.93. The number of rotatable bonds is 5. The molecule has 0 bridgehead atoms. The molecule has 0 unspecified atom stereocenters. The molecule has 1 fully saturated rings. The summed E-state index contributed by atoms with van der Waals surface area (Å²) in [6, 6.07) is 14.6. The molecule has 1 saturated heterocycles. The minimum absolute atomic E-state index is 0.120. The molecule has 12 heteroatoms. The number of ether oxygens (including phenoxy) is 1. The van der Waals surface area contributed by atoms with Crippen LogP contribution in [0.15, 0.2) is 53.1 Å². The van der Waals surface area contributed by atoms with Crippen LogP contribution in [0, 0.1) is 18.7 Å². The number of nitrogens with zero attached hydrogens (tertiary/aromatic N) is 2. The molecule has 2 aromatic carbocycles. The molecule has 2 heterocycles. The SMILES string of the molecule is COc1ccc(F)c(CN2C[C@@H]3[C@H](NC(=O)c4cc(C)on4)c4ccccc4[C@@H]3C2)c1.O=C(O)C(F)(F)F. The van der Waals surface area contributed by atoms with E-state index < -0.39 is 12.1 Å². The number of carboxylic acids is 1. The average Bonchev–Trinajstić information content (AvgIpc) is 3.56. The van der Waals surface area contributed by atoms with Crippen LogP contribution in [-0.2, 0) is 11.3 Å². The van der Waals surface area contributed by atoms with E-state index in [1.807, 2.05) is 12.1 Å². The summed E-state index contributed by atoms with van der Waals surface area (Å²) in [7, 11) is 1.58. The van der Waals surface area contributed by atoms with Crippen molar-refractivity contribution in [2.75, 3.05) is 20.2 Å². The fraction of sp³-hybridized carbons (Fsp3) is 0.346. The van der Waals surface area contributed by atoms with E-state index in [0.717, 1.165) is 18.7 Å². The van der Waals surface area contributed by atoms with Crippen molar-refractivity contribution in [3.63, 3.8) is 0 Å². The number of aryl methyl sites for hydroxylation is 1. The van der Waals surface area contributed by atoms with Crippen molar-refractivity contribution in [1.82, 2.24) is 15.4 Å². The molecule has 2 N–H and O–H groups in total. The van der Waals surface area contributed by atoms with Gasteiger partial charge in [0.1, 0.15) is 17.3 Å². The topological polar surface area (TPSA) is 105 Å². The van der Waals surface area contributed by atoms with E-state index >= 15 is 0 Å². The second kappa shape index (κ2) is 10.8. The summed E-state index contributed by atoms with van der Waals surface area (Å²) >= 11 is 0. The predicted octanol–water partition coefficient (Wildman–Crippen LogP) is 4.46. The summed E-state index contributed by atoms with van der Waals surface area (Å²) in [5, 5.41) is 14.1. The predicted molar refractivity (Wildman–Crippen MR) is 126 cm³/mol. The summed E-state index contributed by atoms with van der Waals surface area (Å²) < 4.78 is 56.4. The molecule has 202 valence electrons. The third-order valence-corrected chi connectivity index (χ3v) is 6.64. The Balaban J connectivity index is 0.000000426. The Bertz CT molecular complexity index is 1330. The van der Waals surface area contributed by atoms with Gasteiger partial charge in [-0.1, -0.05) is 29.4 Å². The van der Waals surface area contributed by atoms with Crippen LogP contribution < -0.4 is 10.1 Å². The first-order valence-corrected chi connectivity index (χ1v) is 11.7. The molecule has 2 aliphatic rings. The minimum Gasteiger partial charge on any atom is -0.497 e. The van der Waals surface area contributed by atoms with E-state index in [9.17, 15) is 22.4 Å². The number of amides is 1. The molecule has 1 aromatic heterocycles. The highest BCUT2D eigenvalue weighted by Crippen LogP contribution is 2.49. The van der Waals surface area contributed by atoms with E-state index in [-0.39, 0.29) is 35.3 Å². The molecule has 3 aromatic rings. The number of carbonyl (C=O) groups excluding carboxylic acids is 1. The average molecular weight is 535 g/mol. The van der Waals surface area contributed by atoms with Crippen molar-refractivity contribution in [1.29, 1.82) is 0 Å². The standard InChI is InChI=1S/C24H24FN3O3.C2HF3O2/c1-14-9-22(27-31-14)24(29)26-23-18-6-4-3-5-17(18)19-12-28(13-20(19)23)11-15-10-16(30-2)7-8-21(15)25;3-2(4,5)1(6)7/h3-10,19-20,23H,11-13H2,1-2H3,(H,26,29);(H,6,7)/t19-,20-,23+;/m0./s1. The van der Waals surface area contributed by atoms with Crippen molar-refractivity contribution < 1.29 is 41.5 Å². The smallest absolute Gasteiger partial charge is 0.490 e. The van der Waals surface area contributed by atoms with Gasteiger partial charge in [-0.15, -0.1) is 0 Å². The Morgan fingerprint density at radius 2 is 1.84 bits per heavy atom. The highest BCUT2D eigenvalue weighted by atomic mass is 19.4. The van der Waals surface area contributed by atoms with Crippen LogP contribution in [-0.4, -0.2) is 53.4 Å². The number of carboxylic acid groups (broad SMARTS) is 1. The fourth-order valence-electron chi connectivity index (χ4n) is 4.99. The summed E-state index contributed by atoms with van der Waals surface area (Å²) in [5.41, 5.74) is 3.30. The van der Waals surface area contributed by atoms with Crippen LogP contribution in [0.3, 0.4) is 0 Å². The first-order chi connectivity index (χ1) is 18.0. The van der Waals surface area contributed by atoms with E-state index in [0.29, 0.717) is 23.6 Å². The minimum atomic E-state index is -5.08. The van der Waals surface area contributed by atoms with Crippen molar-refractivity contribution in [2.24, 2.45) is 5.92 Å². The Morgan fingerprint density at radius 1 is 1.16 bits per heavy atom. The Labute approximate surface area is 215 Å². The number of halogens is 4. The van der Waals surface area contributed by atoms with Crippen molar-refractivity contribution in [3.05, 3.63) is 82.5 Å². The molecule has 38 heavy (non-hydrogen) atoms. The summed E-state index contributed by atoms with van der Waals surface area (Å²) in [5.74, 6) is -1.49. The zero-order chi connectivity index (χ0) is 27.6. The van der Waals surface area contributed by atoms with Crippen LogP contribution in [0.4, 0.5) is 17.6 Å². The highest BCUT2D eigenvalue weighted by molar-refractivity contribution is 5.92. The molecule has 8 nitrogen and oxygen atoms in total. The molecule has 0 saturated carbocycles. The molecule has 1 aliphatic carbocycles. The van der Waals surface area contributed by atoms with Gasteiger partial charge in [0.05, 0.1) is 13.2 Å². The van der Waals surface area contributed by atoms with Crippen molar-refractivity contribution in [2.45, 2.75) is 31.6 Å². The molecule has 5 rings (SSSR count). The quantitative estimate of drug-likeness (QED) is 0.465. The number of methoxy groups -OCH3 is 1. The van der Waals surface area contributed by atoms with Gasteiger partial charge in [0, 0.05) is 43.1 Å². The number of fused-ring (bicyclic) bond motifs is 3. The number of alkyl halides is 3. The van der Waals surface area contributed by atoms with E-state index in [1.165, 1.54) is 11.6 Å². The second-order valence-electron chi connectivity index (χ2n) is 9.13. The summed E-state index contributed by atoms with van der Waals surface area (Å²) in [6.45, 7) is 3.84. The lowest BCUT2D eigenvalue weighted by molar-refractivity contribution is -0.192. The first kappa shape index (κ1) is 27.1. The van der Waals surface area contributed by atoms with Crippen molar-refractivity contribution in [3.8, 4) is 5.75 Å². The van der Waals surface area contributed by atoms with Crippen LogP contribution >= 0.6 is 0 Å². The summed E-state index contributed by atoms with van der Waals surface area (Å²) in [6.07, 6.45) is -5.08. The lowest BCUT2D eigenvalue weighted by atomic mass is 9.94. The van der Waals surface area contributed by atoms with Crippen LogP contribution in [0.1, 0.15) is 44.9 Å². The molecule has 0 spiro atoms. The largest absolute Gasteiger partial charge is 0.497 e. The molecule has 0 radical (unpaired) electrons. The first-order valence-electron chi connectivity index (χ1n) is 11.7. The second-order valence-corrected chi connectivity index (χ2v) is 9.13. The zero-order valence-corrected chi connectivity index (χ0v) is 20.5. The summed E-state index contributed by atoms with van der Waals surface area (Å²) in [4.78, 5) is 23.9. The number of hydrogen-bond acceptors (Lipinski definition) is 6. The van der Waals surface area contributed by atoms with Crippen molar-refractivity contribution >= 4 is 11.9 Å². The third kappa shape index (κ3) is 5.80. The maximum atomic E-state index is 14.4. The number of benzene rings is 2. The zero-order valence-electron chi connectivity index (χ0n) is 20.5. The Morgan fingerprint density at radius 3 is 2.45 bits per heavy atom. The van der Waals surface area contributed by atoms with Gasteiger partial charge in [-0.05, 0) is 36.2 Å². The van der Waals surface area contributed by atoms with Gasteiger partial charge in [-0.3, -0.25) is 9.69 Å². The monoisotopic (exact) mass is 535 g/mol. The van der Waals surface area contributed by atoms with Gasteiger partial charge in [0.2, 0.25) is 0 Å². The molecular formula is C26H25F4N3O5. The highest BCUT2D eigenvalue weighted by Gasteiger charge is 2.46. The number of carbonyl (C=O) groups is 2. The number of aliphatic carboxylic acids is 1.